The van der Waals surface area contributed by atoms with Crippen LogP contribution in [0.2, 0.25) is 0 Å². The maximum Gasteiger partial charge on any atom is 0.472 e. The van der Waals surface area contributed by atoms with E-state index in [0.717, 1.165) is 96.3 Å². The number of unbranched alkanes of at least 4 members (excludes halogenated alkanes) is 30. The summed E-state index contributed by atoms with van der Waals surface area (Å²) in [6, 6.07) is 0. The highest BCUT2D eigenvalue weighted by Crippen LogP contribution is 2.43. The Kier molecular flexibility index (Phi) is 59.7. The first kappa shape index (κ1) is 73.9. The van der Waals surface area contributed by atoms with Gasteiger partial charge in [0.15, 0.2) is 6.10 Å². The molecule has 2 atom stereocenters. The van der Waals surface area contributed by atoms with E-state index in [0.29, 0.717) is 6.42 Å². The van der Waals surface area contributed by atoms with Crippen molar-refractivity contribution in [3.8, 4) is 0 Å². The first-order chi connectivity index (χ1) is 37.8. The molecule has 0 bridgehead atoms. The second kappa shape index (κ2) is 62.1. The van der Waals surface area contributed by atoms with E-state index in [1.165, 1.54) is 154 Å². The van der Waals surface area contributed by atoms with Crippen molar-refractivity contribution in [1.29, 1.82) is 0 Å². The number of hydrogen-bond donors (Lipinski definition) is 2. The topological polar surface area (TPSA) is 134 Å². The van der Waals surface area contributed by atoms with E-state index in [1.807, 2.05) is 0 Å². The summed E-state index contributed by atoms with van der Waals surface area (Å²) < 4.78 is 33.1. The van der Waals surface area contributed by atoms with Crippen LogP contribution in [0.4, 0.5) is 0 Å². The lowest BCUT2D eigenvalue weighted by molar-refractivity contribution is -0.161. The van der Waals surface area contributed by atoms with Crippen molar-refractivity contribution >= 4 is 19.8 Å². The van der Waals surface area contributed by atoms with E-state index in [2.05, 4.69) is 111 Å². The number of phosphoric acid groups is 1. The Labute approximate surface area is 474 Å². The Balaban J connectivity index is 3.86. The molecule has 0 radical (unpaired) electrons. The molecule has 0 aliphatic carbocycles. The SMILES string of the molecule is CC/C=C\C/C=C\C/C=C\C/C=C\C/C=C\CCCCCCCCCCCCCCCCCCCCCCCC(=O)OC(COC(=O)CCCCCCCC/C=C\C/C=C\C/C=C\CCCCC)COP(=O)(O)OCCN. The molecule has 3 N–H and O–H groups in total. The van der Waals surface area contributed by atoms with Gasteiger partial charge in [-0.1, -0.05) is 272 Å². The minimum atomic E-state index is -4.40. The molecule has 0 heterocycles. The summed E-state index contributed by atoms with van der Waals surface area (Å²) in [6.07, 6.45) is 83.4. The monoisotopic (exact) mass is 1100 g/mol. The van der Waals surface area contributed by atoms with Gasteiger partial charge in [-0.2, -0.15) is 0 Å². The standard InChI is InChI=1S/C67H118NO8P/c1-3-5-7-9-11-13-15-17-19-21-23-24-25-26-27-28-29-30-31-32-33-34-35-36-37-38-39-40-42-44-46-48-50-52-54-56-58-60-67(70)76-65(64-75-77(71,72)74-62-61-68)63-73-66(69)59-57-55-53-51-49-47-45-43-41-22-20-18-16-14-12-10-8-6-4-2/h5,7,11-14,17-20,23-24,26-27,41,43,65H,3-4,6,8-10,15-16,21-22,25,28-40,42,44-64,68H2,1-2H3,(H,71,72)/b7-5-,13-11-,14-12-,19-17-,20-18-,24-23-,27-26-,43-41-. The molecule has 0 aromatic rings. The van der Waals surface area contributed by atoms with Gasteiger partial charge in [0.25, 0.3) is 0 Å². The van der Waals surface area contributed by atoms with Crippen LogP contribution in [0.15, 0.2) is 97.2 Å². The van der Waals surface area contributed by atoms with Crippen molar-refractivity contribution in [3.63, 3.8) is 0 Å². The Morgan fingerprint density at radius 2 is 0.714 bits per heavy atom. The highest BCUT2D eigenvalue weighted by atomic mass is 31.2. The lowest BCUT2D eigenvalue weighted by Crippen LogP contribution is -2.29. The zero-order chi connectivity index (χ0) is 55.9. The summed E-state index contributed by atoms with van der Waals surface area (Å²) in [5.41, 5.74) is 5.39. The predicted octanol–water partition coefficient (Wildman–Crippen LogP) is 20.4. The molecule has 10 heteroatoms. The van der Waals surface area contributed by atoms with E-state index in [1.54, 1.807) is 0 Å². The van der Waals surface area contributed by atoms with Gasteiger partial charge in [-0.25, -0.2) is 4.57 Å². The van der Waals surface area contributed by atoms with E-state index in [4.69, 9.17) is 24.3 Å². The molecule has 0 aliphatic rings. The molecule has 0 aromatic carbocycles. The number of rotatable bonds is 59. The molecule has 9 nitrogen and oxygen atoms in total. The predicted molar refractivity (Wildman–Crippen MR) is 330 cm³/mol. The summed E-state index contributed by atoms with van der Waals surface area (Å²) in [6.45, 7) is 3.61. The van der Waals surface area contributed by atoms with Gasteiger partial charge in [0.2, 0.25) is 0 Å². The molecule has 2 unspecified atom stereocenters. The fourth-order valence-corrected chi connectivity index (χ4v) is 9.55. The number of carbonyl (C=O) groups is 2. The Bertz CT molecular complexity index is 1580. The second-order valence-electron chi connectivity index (χ2n) is 20.9. The molecule has 77 heavy (non-hydrogen) atoms. The zero-order valence-electron chi connectivity index (χ0n) is 49.7. The summed E-state index contributed by atoms with van der Waals surface area (Å²) in [4.78, 5) is 35.2. The number of allylic oxidation sites excluding steroid dienone is 16. The van der Waals surface area contributed by atoms with Crippen molar-refractivity contribution in [1.82, 2.24) is 0 Å². The number of esters is 2. The largest absolute Gasteiger partial charge is 0.472 e. The Hall–Kier alpha value is -3.07. The third-order valence-electron chi connectivity index (χ3n) is 13.5. The van der Waals surface area contributed by atoms with Gasteiger partial charge in [0, 0.05) is 19.4 Å². The first-order valence-electron chi connectivity index (χ1n) is 31.7. The van der Waals surface area contributed by atoms with Gasteiger partial charge < -0.3 is 20.1 Å². The lowest BCUT2D eigenvalue weighted by atomic mass is 10.0. The molecule has 444 valence electrons. The van der Waals surface area contributed by atoms with Crippen LogP contribution in [0.3, 0.4) is 0 Å². The van der Waals surface area contributed by atoms with Gasteiger partial charge in [-0.3, -0.25) is 18.6 Å². The van der Waals surface area contributed by atoms with Crippen LogP contribution in [0.5, 0.6) is 0 Å². The molecule has 0 fully saturated rings. The van der Waals surface area contributed by atoms with Crippen molar-refractivity contribution in [2.24, 2.45) is 5.73 Å². The van der Waals surface area contributed by atoms with Gasteiger partial charge in [-0.15, -0.1) is 0 Å². The molecule has 0 saturated heterocycles. The van der Waals surface area contributed by atoms with Crippen LogP contribution in [-0.2, 0) is 32.7 Å². The van der Waals surface area contributed by atoms with Gasteiger partial charge in [0.05, 0.1) is 13.2 Å². The minimum Gasteiger partial charge on any atom is -0.462 e. The first-order valence-corrected chi connectivity index (χ1v) is 33.2. The summed E-state index contributed by atoms with van der Waals surface area (Å²) >= 11 is 0. The molecule has 0 aromatic heterocycles. The Morgan fingerprint density at radius 3 is 1.06 bits per heavy atom. The average Bonchev–Trinajstić information content (AvgIpc) is 3.42. The second-order valence-corrected chi connectivity index (χ2v) is 22.3. The number of phosphoric ester groups is 1. The zero-order valence-corrected chi connectivity index (χ0v) is 50.6. The summed E-state index contributed by atoms with van der Waals surface area (Å²) in [7, 11) is -4.40. The van der Waals surface area contributed by atoms with Gasteiger partial charge in [0.1, 0.15) is 6.61 Å². The van der Waals surface area contributed by atoms with Gasteiger partial charge >= 0.3 is 19.8 Å². The Morgan fingerprint density at radius 1 is 0.403 bits per heavy atom. The van der Waals surface area contributed by atoms with Crippen molar-refractivity contribution in [3.05, 3.63) is 97.2 Å². The highest BCUT2D eigenvalue weighted by molar-refractivity contribution is 7.47. The van der Waals surface area contributed by atoms with E-state index in [9.17, 15) is 19.0 Å². The molecular weight excluding hydrogens is 978 g/mol. The highest BCUT2D eigenvalue weighted by Gasteiger charge is 2.26. The summed E-state index contributed by atoms with van der Waals surface area (Å²) in [5.74, 6) is -0.836. The molecule has 0 rings (SSSR count). The van der Waals surface area contributed by atoms with Crippen LogP contribution in [-0.4, -0.2) is 49.3 Å². The average molecular weight is 1100 g/mol. The third kappa shape index (κ3) is 62.0. The smallest absolute Gasteiger partial charge is 0.462 e. The number of carbonyl (C=O) groups excluding carboxylic acids is 2. The van der Waals surface area contributed by atoms with Crippen LogP contribution in [0, 0.1) is 0 Å². The van der Waals surface area contributed by atoms with Gasteiger partial charge in [-0.05, 0) is 96.3 Å². The maximum atomic E-state index is 12.7. The van der Waals surface area contributed by atoms with E-state index >= 15 is 0 Å². The molecule has 0 saturated carbocycles. The lowest BCUT2D eigenvalue weighted by Gasteiger charge is -2.19. The number of hydrogen-bond acceptors (Lipinski definition) is 8. The molecular formula is C67H118NO8P. The maximum absolute atomic E-state index is 12.7. The number of ether oxygens (including phenoxy) is 2. The van der Waals surface area contributed by atoms with Crippen molar-refractivity contribution in [2.75, 3.05) is 26.4 Å². The summed E-state index contributed by atoms with van der Waals surface area (Å²) in [5, 5.41) is 0. The minimum absolute atomic E-state index is 0.0493. The van der Waals surface area contributed by atoms with Crippen molar-refractivity contribution < 1.29 is 37.6 Å². The quantitative estimate of drug-likeness (QED) is 0.0264. The third-order valence-corrected chi connectivity index (χ3v) is 14.4. The van der Waals surface area contributed by atoms with Crippen LogP contribution >= 0.6 is 7.82 Å². The fraction of sp³-hybridized carbons (Fsp3) is 0.731. The molecule has 0 spiro atoms. The van der Waals surface area contributed by atoms with Crippen molar-refractivity contribution in [2.45, 2.75) is 290 Å². The molecule has 0 aliphatic heterocycles. The van der Waals surface area contributed by atoms with E-state index in [-0.39, 0.29) is 32.6 Å². The number of nitrogens with two attached hydrogens (primary N) is 1. The van der Waals surface area contributed by atoms with Crippen LogP contribution < -0.4 is 5.73 Å². The van der Waals surface area contributed by atoms with Crippen LogP contribution in [0.25, 0.3) is 0 Å². The molecule has 0 amide bonds. The van der Waals surface area contributed by atoms with E-state index < -0.39 is 32.5 Å². The normalized spacial score (nSPS) is 13.7. The van der Waals surface area contributed by atoms with Crippen LogP contribution in [0.1, 0.15) is 284 Å². The fourth-order valence-electron chi connectivity index (χ4n) is 8.79.